The van der Waals surface area contributed by atoms with E-state index in [-0.39, 0.29) is 17.2 Å². The van der Waals surface area contributed by atoms with Gasteiger partial charge in [0.15, 0.2) is 15.6 Å². The summed E-state index contributed by atoms with van der Waals surface area (Å²) < 4.78 is 25.4. The highest BCUT2D eigenvalue weighted by Gasteiger charge is 2.57. The molecule has 3 aliphatic carbocycles. The number of sulfone groups is 1. The zero-order valence-corrected chi connectivity index (χ0v) is 12.7. The molecule has 1 aromatic rings. The number of halogens is 1. The smallest absolute Gasteiger partial charge is 0.182 e. The summed E-state index contributed by atoms with van der Waals surface area (Å²) in [6, 6.07) is 8.10. The number of alkyl halides is 1. The Labute approximate surface area is 128 Å². The van der Waals surface area contributed by atoms with E-state index < -0.39 is 38.3 Å². The molecule has 4 rings (SSSR count). The second-order valence-electron chi connectivity index (χ2n) is 5.57. The lowest BCUT2D eigenvalue weighted by molar-refractivity contribution is -0.147. The number of benzene rings is 1. The third kappa shape index (κ3) is 2.06. The Hall–Kier alpha value is -1.17. The van der Waals surface area contributed by atoms with Crippen LogP contribution in [0.25, 0.3) is 0 Å². The fraction of sp³-hybridized carbons (Fsp3) is 0.400. The van der Waals surface area contributed by atoms with Crippen LogP contribution in [0.5, 0.6) is 0 Å². The Morgan fingerprint density at radius 2 is 1.90 bits per heavy atom. The van der Waals surface area contributed by atoms with Crippen LogP contribution in [-0.2, 0) is 14.6 Å². The Morgan fingerprint density at radius 3 is 2.48 bits per heavy atom. The van der Waals surface area contributed by atoms with Crippen LogP contribution in [-0.4, -0.2) is 36.0 Å². The minimum Gasteiger partial charge on any atom is -0.380 e. The van der Waals surface area contributed by atoms with Gasteiger partial charge in [-0.2, -0.15) is 0 Å². The second kappa shape index (κ2) is 4.93. The average Bonchev–Trinajstić information content (AvgIpc) is 2.52. The number of hydrogen-bond donors (Lipinski definition) is 1. The third-order valence-electron chi connectivity index (χ3n) is 4.45. The van der Waals surface area contributed by atoms with E-state index in [1.54, 1.807) is 30.4 Å². The summed E-state index contributed by atoms with van der Waals surface area (Å²) in [5.41, 5.74) is -1.64. The van der Waals surface area contributed by atoms with E-state index in [2.05, 4.69) is 0 Å². The summed E-state index contributed by atoms with van der Waals surface area (Å²) >= 11 is 5.74. The molecule has 0 heterocycles. The minimum atomic E-state index is -3.61. The largest absolute Gasteiger partial charge is 0.380 e. The molecule has 4 atom stereocenters. The SMILES string of the molecule is O=C1[C@H]2C=C[C@H](C[C@@H]2S(=O)(=O)c2ccccc2)[C@@]1(O)CCl. The van der Waals surface area contributed by atoms with E-state index >= 15 is 0 Å². The molecule has 0 unspecified atom stereocenters. The summed E-state index contributed by atoms with van der Waals surface area (Å²) in [5.74, 6) is -2.07. The first-order valence-electron chi connectivity index (χ1n) is 6.71. The highest BCUT2D eigenvalue weighted by Crippen LogP contribution is 2.45. The van der Waals surface area contributed by atoms with Crippen molar-refractivity contribution in [1.29, 1.82) is 0 Å². The predicted octanol–water partition coefficient (Wildman–Crippen LogP) is 1.57. The number of aliphatic hydroxyl groups is 1. The van der Waals surface area contributed by atoms with E-state index in [1.807, 2.05) is 0 Å². The predicted molar refractivity (Wildman–Crippen MR) is 78.8 cm³/mol. The molecule has 6 heteroatoms. The van der Waals surface area contributed by atoms with Gasteiger partial charge in [-0.25, -0.2) is 8.42 Å². The molecule has 21 heavy (non-hydrogen) atoms. The minimum absolute atomic E-state index is 0.207. The number of Topliss-reactive ketones (excluding diaryl/α,β-unsaturated/α-hetero) is 1. The maximum atomic E-state index is 12.7. The number of rotatable bonds is 3. The maximum Gasteiger partial charge on any atom is 0.182 e. The summed E-state index contributed by atoms with van der Waals surface area (Å²) in [4.78, 5) is 12.6. The summed E-state index contributed by atoms with van der Waals surface area (Å²) in [5, 5.41) is 9.54. The van der Waals surface area contributed by atoms with Crippen molar-refractivity contribution in [1.82, 2.24) is 0 Å². The quantitative estimate of drug-likeness (QED) is 0.676. The molecule has 3 aliphatic rings. The van der Waals surface area contributed by atoms with Crippen LogP contribution in [0.1, 0.15) is 6.42 Å². The van der Waals surface area contributed by atoms with Crippen LogP contribution in [0.3, 0.4) is 0 Å². The van der Waals surface area contributed by atoms with E-state index in [0.29, 0.717) is 0 Å². The molecular weight excluding hydrogens is 312 g/mol. The molecule has 2 bridgehead atoms. The number of allylic oxidation sites excluding steroid dienone is 1. The first-order chi connectivity index (χ1) is 9.91. The van der Waals surface area contributed by atoms with Crippen molar-refractivity contribution in [2.24, 2.45) is 11.8 Å². The molecule has 4 nitrogen and oxygen atoms in total. The van der Waals surface area contributed by atoms with Crippen LogP contribution < -0.4 is 0 Å². The van der Waals surface area contributed by atoms with Crippen LogP contribution >= 0.6 is 11.6 Å². The van der Waals surface area contributed by atoms with Crippen molar-refractivity contribution < 1.29 is 18.3 Å². The standard InChI is InChI=1S/C15H15ClO4S/c16-9-15(18)10-6-7-12(14(15)17)13(8-10)21(19,20)11-4-2-1-3-5-11/h1-7,10,12-13,18H,8-9H2/t10-,12+,13+,15+/m1/s1. The average molecular weight is 327 g/mol. The van der Waals surface area contributed by atoms with Gasteiger partial charge in [-0.3, -0.25) is 4.79 Å². The number of fused-ring (bicyclic) bond motifs is 2. The van der Waals surface area contributed by atoms with Gasteiger partial charge >= 0.3 is 0 Å². The fourth-order valence-corrected chi connectivity index (χ4v) is 5.48. The van der Waals surface area contributed by atoms with Crippen molar-refractivity contribution in [3.8, 4) is 0 Å². The summed E-state index contributed by atoms with van der Waals surface area (Å²) in [6.45, 7) is 0. The molecule has 0 spiro atoms. The van der Waals surface area contributed by atoms with Gasteiger partial charge in [0.1, 0.15) is 5.60 Å². The maximum absolute atomic E-state index is 12.7. The fourth-order valence-electron chi connectivity index (χ4n) is 3.20. The van der Waals surface area contributed by atoms with E-state index in [4.69, 9.17) is 11.6 Å². The second-order valence-corrected chi connectivity index (χ2v) is 8.01. The lowest BCUT2D eigenvalue weighted by Crippen LogP contribution is -2.60. The normalized spacial score (nSPS) is 35.1. The highest BCUT2D eigenvalue weighted by molar-refractivity contribution is 7.92. The Kier molecular flexibility index (Phi) is 3.47. The van der Waals surface area contributed by atoms with Crippen LogP contribution in [0.2, 0.25) is 0 Å². The Bertz CT molecular complexity index is 698. The molecule has 0 saturated heterocycles. The first-order valence-corrected chi connectivity index (χ1v) is 8.79. The molecule has 0 amide bonds. The molecule has 1 aromatic carbocycles. The van der Waals surface area contributed by atoms with Gasteiger partial charge in [-0.15, -0.1) is 11.6 Å². The van der Waals surface area contributed by atoms with Gasteiger partial charge in [0.05, 0.1) is 21.9 Å². The monoisotopic (exact) mass is 326 g/mol. The van der Waals surface area contributed by atoms with Gasteiger partial charge in [-0.05, 0) is 18.6 Å². The van der Waals surface area contributed by atoms with Crippen LogP contribution in [0.15, 0.2) is 47.4 Å². The molecule has 1 N–H and O–H groups in total. The lowest BCUT2D eigenvalue weighted by Gasteiger charge is -2.46. The Balaban J connectivity index is 2.01. The van der Waals surface area contributed by atoms with Crippen LogP contribution in [0, 0.1) is 11.8 Å². The first kappa shape index (κ1) is 14.8. The number of ketones is 1. The van der Waals surface area contributed by atoms with Gasteiger partial charge in [0.25, 0.3) is 0 Å². The van der Waals surface area contributed by atoms with Gasteiger partial charge in [0.2, 0.25) is 0 Å². The van der Waals surface area contributed by atoms with Gasteiger partial charge in [-0.1, -0.05) is 30.4 Å². The molecule has 0 aliphatic heterocycles. The van der Waals surface area contributed by atoms with Crippen LogP contribution in [0.4, 0.5) is 0 Å². The van der Waals surface area contributed by atoms with Gasteiger partial charge < -0.3 is 5.11 Å². The summed E-state index contributed by atoms with van der Waals surface area (Å²) in [7, 11) is -3.61. The van der Waals surface area contributed by atoms with Crippen molar-refractivity contribution in [3.63, 3.8) is 0 Å². The number of carbonyl (C=O) groups excluding carboxylic acids is 1. The zero-order valence-electron chi connectivity index (χ0n) is 11.1. The van der Waals surface area contributed by atoms with E-state index in [0.717, 1.165) is 0 Å². The number of hydrogen-bond acceptors (Lipinski definition) is 4. The van der Waals surface area contributed by atoms with Crippen molar-refractivity contribution in [2.75, 3.05) is 5.88 Å². The topological polar surface area (TPSA) is 71.4 Å². The van der Waals surface area contributed by atoms with Crippen molar-refractivity contribution in [3.05, 3.63) is 42.5 Å². The molecular formula is C15H15ClO4S. The molecule has 1 saturated carbocycles. The zero-order chi connectivity index (χ0) is 15.3. The Morgan fingerprint density at radius 1 is 1.24 bits per heavy atom. The van der Waals surface area contributed by atoms with Crippen molar-refractivity contribution in [2.45, 2.75) is 22.2 Å². The van der Waals surface area contributed by atoms with Gasteiger partial charge in [0, 0.05) is 5.92 Å². The molecule has 0 radical (unpaired) electrons. The number of carbonyl (C=O) groups is 1. The molecule has 1 fully saturated rings. The lowest BCUT2D eigenvalue weighted by atomic mass is 9.65. The van der Waals surface area contributed by atoms with Crippen molar-refractivity contribution >= 4 is 27.2 Å². The summed E-state index contributed by atoms with van der Waals surface area (Å²) in [6.07, 6.45) is 3.53. The highest BCUT2D eigenvalue weighted by atomic mass is 35.5. The molecule has 0 aromatic heterocycles. The van der Waals surface area contributed by atoms with E-state index in [1.165, 1.54) is 12.1 Å². The van der Waals surface area contributed by atoms with E-state index in [9.17, 15) is 18.3 Å². The molecule has 112 valence electrons. The third-order valence-corrected chi connectivity index (χ3v) is 7.07.